The van der Waals surface area contributed by atoms with Crippen LogP contribution < -0.4 is 10.1 Å². The zero-order valence-corrected chi connectivity index (χ0v) is 21.2. The molecule has 10 heteroatoms. The van der Waals surface area contributed by atoms with Gasteiger partial charge in [0.05, 0.1) is 12.2 Å². The van der Waals surface area contributed by atoms with Crippen LogP contribution in [0.2, 0.25) is 0 Å². The molecule has 1 aromatic carbocycles. The molecule has 1 aromatic heterocycles. The molecule has 36 heavy (non-hydrogen) atoms. The highest BCUT2D eigenvalue weighted by molar-refractivity contribution is 5.86. The van der Waals surface area contributed by atoms with E-state index in [1.54, 1.807) is 24.0 Å². The van der Waals surface area contributed by atoms with E-state index in [1.807, 2.05) is 0 Å². The number of carbonyl (C=O) groups excluding carboxylic acids is 2. The molecule has 1 N–H and O–H groups in total. The minimum atomic E-state index is -0.506. The number of amides is 2. The summed E-state index contributed by atoms with van der Waals surface area (Å²) in [4.78, 5) is 32.0. The lowest BCUT2D eigenvalue weighted by Gasteiger charge is -2.36. The van der Waals surface area contributed by atoms with Crippen molar-refractivity contribution in [2.45, 2.75) is 58.4 Å². The van der Waals surface area contributed by atoms with Crippen LogP contribution in [-0.2, 0) is 16.0 Å². The Morgan fingerprint density at radius 2 is 1.97 bits per heavy atom. The number of benzene rings is 1. The van der Waals surface area contributed by atoms with E-state index in [0.29, 0.717) is 42.8 Å². The summed E-state index contributed by atoms with van der Waals surface area (Å²) in [5.74, 6) is 1.21. The molecule has 2 amide bonds. The van der Waals surface area contributed by atoms with E-state index >= 15 is 0 Å². The molecular weight excluding hydrogens is 465 g/mol. The molecule has 1 aliphatic heterocycles. The van der Waals surface area contributed by atoms with Crippen molar-refractivity contribution in [3.8, 4) is 17.1 Å². The van der Waals surface area contributed by atoms with Gasteiger partial charge in [-0.2, -0.15) is 4.98 Å². The number of aromatic nitrogens is 2. The van der Waals surface area contributed by atoms with E-state index < -0.39 is 11.9 Å². The van der Waals surface area contributed by atoms with E-state index in [4.69, 9.17) is 9.26 Å². The molecule has 0 unspecified atom stereocenters. The van der Waals surface area contributed by atoms with Crippen LogP contribution in [0.3, 0.4) is 0 Å². The number of hydrogen-bond acceptors (Lipinski definition) is 7. The number of nitrogens with zero attached hydrogens (tertiary/aromatic N) is 4. The van der Waals surface area contributed by atoms with Crippen LogP contribution in [0.1, 0.15) is 51.8 Å². The van der Waals surface area contributed by atoms with Gasteiger partial charge in [-0.15, -0.1) is 0 Å². The fraction of sp³-hybridized carbons (Fsp3) is 0.615. The number of carbonyl (C=O) groups is 2. The third kappa shape index (κ3) is 7.02. The van der Waals surface area contributed by atoms with Gasteiger partial charge in [0.1, 0.15) is 17.6 Å². The van der Waals surface area contributed by atoms with E-state index in [1.165, 1.54) is 38.7 Å². The van der Waals surface area contributed by atoms with Crippen molar-refractivity contribution in [2.24, 2.45) is 5.92 Å². The van der Waals surface area contributed by atoms with E-state index in [0.717, 1.165) is 32.5 Å². The number of rotatable bonds is 10. The lowest BCUT2D eigenvalue weighted by atomic mass is 10.0. The lowest BCUT2D eigenvalue weighted by Crippen LogP contribution is -2.54. The Morgan fingerprint density at radius 1 is 1.22 bits per heavy atom. The van der Waals surface area contributed by atoms with Crippen molar-refractivity contribution in [3.63, 3.8) is 0 Å². The standard InChI is InChI=1S/C26H36FN5O4/c1-18(28-19(2)33)26(34)32-13-11-31(12-14-32)10-5-15-35-21-8-9-22(23(27)17-21)25-29-24(36-30-25)16-20-6-3-4-7-20/h8-9,17-18,20H,3-7,10-16H2,1-2H3,(H,28,33)/t18-/m1/s1. The Labute approximate surface area is 211 Å². The van der Waals surface area contributed by atoms with Gasteiger partial charge in [-0.25, -0.2) is 4.39 Å². The van der Waals surface area contributed by atoms with Crippen LogP contribution in [0.25, 0.3) is 11.4 Å². The van der Waals surface area contributed by atoms with Crippen LogP contribution in [0.15, 0.2) is 22.7 Å². The molecule has 2 aromatic rings. The van der Waals surface area contributed by atoms with E-state index in [9.17, 15) is 14.0 Å². The molecule has 9 nitrogen and oxygen atoms in total. The Bertz CT molecular complexity index is 1030. The summed E-state index contributed by atoms with van der Waals surface area (Å²) >= 11 is 0. The second-order valence-corrected chi connectivity index (χ2v) is 9.80. The molecule has 1 atom stereocenters. The average Bonchev–Trinajstić information content (AvgIpc) is 3.54. The van der Waals surface area contributed by atoms with Gasteiger partial charge in [0.15, 0.2) is 0 Å². The van der Waals surface area contributed by atoms with Gasteiger partial charge in [0.25, 0.3) is 0 Å². The van der Waals surface area contributed by atoms with Gasteiger partial charge in [-0.3, -0.25) is 14.5 Å². The summed E-state index contributed by atoms with van der Waals surface area (Å²) < 4.78 is 25.8. The SMILES string of the molecule is CC(=O)N[C@H](C)C(=O)N1CCN(CCCOc2ccc(-c3noc(CC4CCCC4)n3)c(F)c2)CC1. The normalized spacial score (nSPS) is 17.8. The molecule has 1 aliphatic carbocycles. The molecule has 4 rings (SSSR count). The van der Waals surface area contributed by atoms with Crippen LogP contribution >= 0.6 is 0 Å². The second kappa shape index (κ2) is 12.3. The number of nitrogens with one attached hydrogen (secondary N) is 1. The van der Waals surface area contributed by atoms with Crippen molar-refractivity contribution >= 4 is 11.8 Å². The van der Waals surface area contributed by atoms with Crippen molar-refractivity contribution < 1.29 is 23.2 Å². The zero-order chi connectivity index (χ0) is 25.5. The molecular formula is C26H36FN5O4. The first-order chi connectivity index (χ1) is 17.4. The van der Waals surface area contributed by atoms with Gasteiger partial charge in [-0.1, -0.05) is 18.0 Å². The Balaban J connectivity index is 1.17. The molecule has 0 spiro atoms. The monoisotopic (exact) mass is 501 g/mol. The summed E-state index contributed by atoms with van der Waals surface area (Å²) in [6.07, 6.45) is 6.42. The third-order valence-corrected chi connectivity index (χ3v) is 6.95. The molecule has 0 radical (unpaired) electrons. The minimum Gasteiger partial charge on any atom is -0.493 e. The predicted molar refractivity (Wildman–Crippen MR) is 132 cm³/mol. The summed E-state index contributed by atoms with van der Waals surface area (Å²) in [7, 11) is 0. The zero-order valence-electron chi connectivity index (χ0n) is 21.2. The van der Waals surface area contributed by atoms with Crippen LogP contribution in [-0.4, -0.2) is 77.1 Å². The highest BCUT2D eigenvalue weighted by atomic mass is 19.1. The van der Waals surface area contributed by atoms with Crippen molar-refractivity contribution in [2.75, 3.05) is 39.3 Å². The van der Waals surface area contributed by atoms with Gasteiger partial charge < -0.3 is 19.5 Å². The molecule has 2 aliphatic rings. The molecule has 1 saturated carbocycles. The lowest BCUT2D eigenvalue weighted by molar-refractivity contribution is -0.137. The first kappa shape index (κ1) is 26.1. The highest BCUT2D eigenvalue weighted by Crippen LogP contribution is 2.29. The molecule has 2 fully saturated rings. The van der Waals surface area contributed by atoms with Gasteiger partial charge in [0.2, 0.25) is 23.5 Å². The molecule has 0 bridgehead atoms. The summed E-state index contributed by atoms with van der Waals surface area (Å²) in [6.45, 7) is 7.22. The molecule has 1 saturated heterocycles. The summed E-state index contributed by atoms with van der Waals surface area (Å²) in [5, 5.41) is 6.61. The fourth-order valence-corrected chi connectivity index (χ4v) is 4.99. The van der Waals surface area contributed by atoms with Crippen molar-refractivity contribution in [3.05, 3.63) is 29.9 Å². The van der Waals surface area contributed by atoms with Crippen molar-refractivity contribution in [1.29, 1.82) is 0 Å². The van der Waals surface area contributed by atoms with Crippen LogP contribution in [0.5, 0.6) is 5.75 Å². The quantitative estimate of drug-likeness (QED) is 0.500. The molecule has 2 heterocycles. The van der Waals surface area contributed by atoms with Crippen LogP contribution in [0, 0.1) is 11.7 Å². The average molecular weight is 502 g/mol. The number of hydrogen-bond donors (Lipinski definition) is 1. The van der Waals surface area contributed by atoms with Gasteiger partial charge in [0, 0.05) is 52.1 Å². The minimum absolute atomic E-state index is 0.0514. The topological polar surface area (TPSA) is 101 Å². The Morgan fingerprint density at radius 3 is 2.67 bits per heavy atom. The number of piperazine rings is 1. The Hall–Kier alpha value is -3.01. The maximum absolute atomic E-state index is 14.7. The molecule has 196 valence electrons. The third-order valence-electron chi connectivity index (χ3n) is 6.95. The number of halogens is 1. The fourth-order valence-electron chi connectivity index (χ4n) is 4.99. The highest BCUT2D eigenvalue weighted by Gasteiger charge is 2.25. The van der Waals surface area contributed by atoms with Gasteiger partial charge in [-0.05, 0) is 44.2 Å². The summed E-state index contributed by atoms with van der Waals surface area (Å²) in [5.41, 5.74) is 0.309. The van der Waals surface area contributed by atoms with Crippen LogP contribution in [0.4, 0.5) is 4.39 Å². The Kier molecular flexibility index (Phi) is 8.90. The maximum Gasteiger partial charge on any atom is 0.244 e. The second-order valence-electron chi connectivity index (χ2n) is 9.80. The van der Waals surface area contributed by atoms with E-state index in [2.05, 4.69) is 20.4 Å². The number of ether oxygens (including phenoxy) is 1. The van der Waals surface area contributed by atoms with Gasteiger partial charge >= 0.3 is 0 Å². The first-order valence-corrected chi connectivity index (χ1v) is 12.9. The van der Waals surface area contributed by atoms with E-state index in [-0.39, 0.29) is 17.6 Å². The summed E-state index contributed by atoms with van der Waals surface area (Å²) in [6, 6.07) is 4.22. The first-order valence-electron chi connectivity index (χ1n) is 12.9. The largest absolute Gasteiger partial charge is 0.493 e. The predicted octanol–water partition coefficient (Wildman–Crippen LogP) is 3.05. The smallest absolute Gasteiger partial charge is 0.244 e. The van der Waals surface area contributed by atoms with Crippen molar-refractivity contribution in [1.82, 2.24) is 25.3 Å². The maximum atomic E-state index is 14.7.